The summed E-state index contributed by atoms with van der Waals surface area (Å²) < 4.78 is 6.55. The van der Waals surface area contributed by atoms with Crippen LogP contribution in [-0.2, 0) is 14.9 Å². The third-order valence-corrected chi connectivity index (χ3v) is 7.46. The molecule has 2 bridgehead atoms. The SMILES string of the molecule is CC(=O)N1c2c(O)cccc2[C@]23CCN4CC[C@H](C[C@@H]12)C1=CCO[C@]143. The lowest BCUT2D eigenvalue weighted by Crippen LogP contribution is -2.69. The Bertz CT molecular complexity index is 849. The normalized spacial score (nSPS) is 40.5. The van der Waals surface area contributed by atoms with Crippen LogP contribution in [0.3, 0.4) is 0 Å². The van der Waals surface area contributed by atoms with Crippen LogP contribution in [0.4, 0.5) is 5.69 Å². The molecule has 1 aromatic rings. The highest BCUT2D eigenvalue weighted by Crippen LogP contribution is 2.69. The van der Waals surface area contributed by atoms with E-state index in [1.165, 1.54) is 5.57 Å². The smallest absolute Gasteiger partial charge is 0.224 e. The fourth-order valence-corrected chi connectivity index (χ4v) is 6.84. The molecule has 2 saturated heterocycles. The van der Waals surface area contributed by atoms with Gasteiger partial charge in [0, 0.05) is 20.0 Å². The number of hydrogen-bond acceptors (Lipinski definition) is 4. The minimum absolute atomic E-state index is 0.0166. The molecule has 25 heavy (non-hydrogen) atoms. The summed E-state index contributed by atoms with van der Waals surface area (Å²) in [5.74, 6) is 0.709. The van der Waals surface area contributed by atoms with Gasteiger partial charge in [0.25, 0.3) is 0 Å². The zero-order chi connectivity index (χ0) is 17.0. The molecule has 5 nitrogen and oxygen atoms in total. The van der Waals surface area contributed by atoms with E-state index in [0.717, 1.165) is 43.6 Å². The molecule has 6 rings (SSSR count). The lowest BCUT2D eigenvalue weighted by Gasteiger charge is -2.58. The average molecular weight is 338 g/mol. The van der Waals surface area contributed by atoms with E-state index in [1.807, 2.05) is 11.0 Å². The number of nitrogens with zero attached hydrogens (tertiary/aromatic N) is 2. The summed E-state index contributed by atoms with van der Waals surface area (Å²) in [6.07, 6.45) is 5.37. The van der Waals surface area contributed by atoms with Crippen molar-refractivity contribution in [3.8, 4) is 5.75 Å². The predicted octanol–water partition coefficient (Wildman–Crippen LogP) is 2.15. The van der Waals surface area contributed by atoms with Crippen LogP contribution in [0.15, 0.2) is 29.8 Å². The number of benzene rings is 1. The Morgan fingerprint density at radius 1 is 1.36 bits per heavy atom. The molecule has 4 heterocycles. The number of fused-ring (bicyclic) bond motifs is 1. The van der Waals surface area contributed by atoms with E-state index in [4.69, 9.17) is 4.74 Å². The topological polar surface area (TPSA) is 53.0 Å². The van der Waals surface area contributed by atoms with Gasteiger partial charge in [-0.1, -0.05) is 18.2 Å². The Balaban J connectivity index is 1.71. The summed E-state index contributed by atoms with van der Waals surface area (Å²) in [5, 5.41) is 10.6. The van der Waals surface area contributed by atoms with Gasteiger partial charge in [-0.3, -0.25) is 9.69 Å². The summed E-state index contributed by atoms with van der Waals surface area (Å²) in [6.45, 7) is 4.33. The number of phenols is 1. The number of anilines is 1. The van der Waals surface area contributed by atoms with E-state index >= 15 is 0 Å². The van der Waals surface area contributed by atoms with Gasteiger partial charge in [-0.25, -0.2) is 0 Å². The van der Waals surface area contributed by atoms with Gasteiger partial charge < -0.3 is 14.7 Å². The first-order valence-corrected chi connectivity index (χ1v) is 9.33. The van der Waals surface area contributed by atoms with Gasteiger partial charge in [-0.15, -0.1) is 0 Å². The van der Waals surface area contributed by atoms with Crippen LogP contribution in [0.1, 0.15) is 31.7 Å². The highest BCUT2D eigenvalue weighted by molar-refractivity contribution is 5.98. The summed E-state index contributed by atoms with van der Waals surface area (Å²) in [5.41, 5.74) is 2.59. The molecule has 1 aliphatic carbocycles. The Kier molecular flexibility index (Phi) is 2.45. The number of amides is 1. The Hall–Kier alpha value is -1.85. The summed E-state index contributed by atoms with van der Waals surface area (Å²) >= 11 is 0. The van der Waals surface area contributed by atoms with Crippen LogP contribution in [0.25, 0.3) is 0 Å². The lowest BCUT2D eigenvalue weighted by molar-refractivity contribution is -0.158. The second-order valence-electron chi connectivity index (χ2n) is 8.12. The van der Waals surface area contributed by atoms with Crippen LogP contribution in [-0.4, -0.2) is 47.4 Å². The average Bonchev–Trinajstić information content (AvgIpc) is 3.24. The molecule has 130 valence electrons. The molecule has 4 atom stereocenters. The molecule has 5 heteroatoms. The molecule has 1 saturated carbocycles. The van der Waals surface area contributed by atoms with Crippen LogP contribution in [0.5, 0.6) is 5.75 Å². The van der Waals surface area contributed by atoms with Crippen LogP contribution in [0.2, 0.25) is 0 Å². The van der Waals surface area contributed by atoms with Crippen molar-refractivity contribution in [3.63, 3.8) is 0 Å². The molecule has 5 aliphatic rings. The molecule has 0 unspecified atom stereocenters. The second-order valence-corrected chi connectivity index (χ2v) is 8.12. The number of rotatable bonds is 0. The monoisotopic (exact) mass is 338 g/mol. The maximum Gasteiger partial charge on any atom is 0.224 e. The fraction of sp³-hybridized carbons (Fsp3) is 0.550. The van der Waals surface area contributed by atoms with Crippen molar-refractivity contribution < 1.29 is 14.6 Å². The molecule has 2 spiro atoms. The number of carbonyl (C=O) groups excluding carboxylic acids is 1. The van der Waals surface area contributed by atoms with Crippen LogP contribution >= 0.6 is 0 Å². The number of aromatic hydroxyl groups is 1. The lowest BCUT2D eigenvalue weighted by atomic mass is 9.56. The Morgan fingerprint density at radius 2 is 2.24 bits per heavy atom. The second kappa shape index (κ2) is 4.27. The van der Waals surface area contributed by atoms with Gasteiger partial charge in [0.2, 0.25) is 5.91 Å². The minimum atomic E-state index is -0.411. The number of para-hydroxylation sites is 1. The molecular formula is C20H22N2O3. The Labute approximate surface area is 146 Å². The van der Waals surface area contributed by atoms with Gasteiger partial charge in [-0.2, -0.15) is 0 Å². The number of piperidine rings is 1. The van der Waals surface area contributed by atoms with Crippen molar-refractivity contribution in [1.82, 2.24) is 4.90 Å². The Morgan fingerprint density at radius 3 is 3.08 bits per heavy atom. The molecule has 3 fully saturated rings. The number of hydrogen-bond donors (Lipinski definition) is 1. The van der Waals surface area contributed by atoms with Crippen molar-refractivity contribution in [3.05, 3.63) is 35.4 Å². The minimum Gasteiger partial charge on any atom is -0.506 e. The summed E-state index contributed by atoms with van der Waals surface area (Å²) in [7, 11) is 0. The molecule has 0 radical (unpaired) electrons. The van der Waals surface area contributed by atoms with Gasteiger partial charge in [0.1, 0.15) is 5.75 Å². The zero-order valence-corrected chi connectivity index (χ0v) is 14.4. The summed E-state index contributed by atoms with van der Waals surface area (Å²) in [4.78, 5) is 17.0. The molecule has 1 N–H and O–H groups in total. The van der Waals surface area contributed by atoms with Crippen LogP contribution in [0, 0.1) is 5.92 Å². The number of carbonyl (C=O) groups is 1. The van der Waals surface area contributed by atoms with Gasteiger partial charge >= 0.3 is 0 Å². The van der Waals surface area contributed by atoms with E-state index < -0.39 is 5.72 Å². The van der Waals surface area contributed by atoms with Crippen molar-refractivity contribution >= 4 is 11.6 Å². The molecule has 1 aromatic carbocycles. The van der Waals surface area contributed by atoms with Crippen molar-refractivity contribution in [2.75, 3.05) is 24.6 Å². The van der Waals surface area contributed by atoms with Crippen molar-refractivity contribution in [2.45, 2.75) is 43.4 Å². The quantitative estimate of drug-likeness (QED) is 0.737. The maximum absolute atomic E-state index is 12.6. The molecule has 0 aromatic heterocycles. The van der Waals surface area contributed by atoms with Crippen molar-refractivity contribution in [2.24, 2.45) is 5.92 Å². The highest BCUT2D eigenvalue weighted by atomic mass is 16.5. The van der Waals surface area contributed by atoms with Gasteiger partial charge in [0.15, 0.2) is 5.72 Å². The van der Waals surface area contributed by atoms with E-state index in [9.17, 15) is 9.90 Å². The first-order chi connectivity index (χ1) is 12.1. The summed E-state index contributed by atoms with van der Waals surface area (Å²) in [6, 6.07) is 5.79. The first kappa shape index (κ1) is 14.3. The third-order valence-electron chi connectivity index (χ3n) is 7.46. The van der Waals surface area contributed by atoms with Gasteiger partial charge in [-0.05, 0) is 42.4 Å². The van der Waals surface area contributed by atoms with E-state index in [0.29, 0.717) is 12.5 Å². The fourth-order valence-electron chi connectivity index (χ4n) is 6.84. The van der Waals surface area contributed by atoms with Crippen molar-refractivity contribution in [1.29, 1.82) is 0 Å². The number of ether oxygens (including phenoxy) is 1. The zero-order valence-electron chi connectivity index (χ0n) is 14.4. The standard InChI is InChI=1S/C20H22N2O3/c1-12(23)22-17-11-13-5-8-21-9-7-19(17,20(21)14(13)6-10-25-20)15-3-2-4-16(24)18(15)22/h2-4,6,13,17,24H,5,7-11H2,1H3/t13-,17-,19-,20+/m1/s1. The first-order valence-electron chi connectivity index (χ1n) is 9.33. The van der Waals surface area contributed by atoms with Crippen LogP contribution < -0.4 is 4.90 Å². The highest BCUT2D eigenvalue weighted by Gasteiger charge is 2.75. The van der Waals surface area contributed by atoms with E-state index in [2.05, 4.69) is 17.0 Å². The van der Waals surface area contributed by atoms with E-state index in [-0.39, 0.29) is 23.1 Å². The predicted molar refractivity (Wildman–Crippen MR) is 92.4 cm³/mol. The molecular weight excluding hydrogens is 316 g/mol. The molecule has 4 aliphatic heterocycles. The number of phenolic OH excluding ortho intramolecular Hbond substituents is 1. The maximum atomic E-state index is 12.6. The van der Waals surface area contributed by atoms with Gasteiger partial charge in [0.05, 0.1) is 23.8 Å². The third kappa shape index (κ3) is 1.30. The molecule has 1 amide bonds. The van der Waals surface area contributed by atoms with E-state index in [1.54, 1.807) is 13.0 Å². The largest absolute Gasteiger partial charge is 0.506 e.